The molecular formula is C16H14FNO2. The first-order valence-corrected chi connectivity index (χ1v) is 6.49. The van der Waals surface area contributed by atoms with Crippen LogP contribution in [0.3, 0.4) is 0 Å². The predicted octanol–water partition coefficient (Wildman–Crippen LogP) is 3.04. The van der Waals surface area contributed by atoms with Crippen molar-refractivity contribution in [1.29, 1.82) is 0 Å². The molecule has 0 fully saturated rings. The molecular weight excluding hydrogens is 257 g/mol. The second kappa shape index (κ2) is 5.33. The zero-order valence-electron chi connectivity index (χ0n) is 10.9. The Morgan fingerprint density at radius 1 is 1.15 bits per heavy atom. The van der Waals surface area contributed by atoms with Gasteiger partial charge in [0, 0.05) is 17.7 Å². The van der Waals surface area contributed by atoms with Gasteiger partial charge < -0.3 is 9.64 Å². The first-order valence-electron chi connectivity index (χ1n) is 6.49. The summed E-state index contributed by atoms with van der Waals surface area (Å²) in [5.74, 6) is 0.438. The van der Waals surface area contributed by atoms with Crippen LogP contribution in [-0.2, 0) is 6.54 Å². The molecule has 2 aromatic rings. The van der Waals surface area contributed by atoms with Gasteiger partial charge in [-0.1, -0.05) is 24.3 Å². The number of anilines is 1. The Morgan fingerprint density at radius 2 is 2.00 bits per heavy atom. The molecule has 0 unspecified atom stereocenters. The number of aldehydes is 1. The SMILES string of the molecule is O=Cc1cccc(F)c1N1CCOc2ccccc2C1. The van der Waals surface area contributed by atoms with Crippen molar-refractivity contribution in [2.45, 2.75) is 6.54 Å². The fourth-order valence-electron chi connectivity index (χ4n) is 2.48. The third-order valence-electron chi connectivity index (χ3n) is 3.41. The van der Waals surface area contributed by atoms with E-state index >= 15 is 0 Å². The molecule has 2 aromatic carbocycles. The highest BCUT2D eigenvalue weighted by atomic mass is 19.1. The molecule has 20 heavy (non-hydrogen) atoms. The Bertz CT molecular complexity index is 642. The molecule has 3 rings (SSSR count). The van der Waals surface area contributed by atoms with Gasteiger partial charge in [-0.2, -0.15) is 0 Å². The lowest BCUT2D eigenvalue weighted by atomic mass is 10.1. The van der Waals surface area contributed by atoms with Gasteiger partial charge in [-0.15, -0.1) is 0 Å². The van der Waals surface area contributed by atoms with Crippen LogP contribution in [0, 0.1) is 5.82 Å². The Morgan fingerprint density at radius 3 is 2.85 bits per heavy atom. The van der Waals surface area contributed by atoms with Gasteiger partial charge in [0.1, 0.15) is 18.2 Å². The minimum atomic E-state index is -0.381. The number of carbonyl (C=O) groups is 1. The van der Waals surface area contributed by atoms with Crippen molar-refractivity contribution in [3.05, 3.63) is 59.4 Å². The number of hydrogen-bond donors (Lipinski definition) is 0. The smallest absolute Gasteiger partial charge is 0.152 e. The molecule has 102 valence electrons. The van der Waals surface area contributed by atoms with E-state index in [-0.39, 0.29) is 5.82 Å². The summed E-state index contributed by atoms with van der Waals surface area (Å²) in [5, 5.41) is 0. The van der Waals surface area contributed by atoms with E-state index in [1.54, 1.807) is 12.1 Å². The predicted molar refractivity (Wildman–Crippen MR) is 74.8 cm³/mol. The number of hydrogen-bond acceptors (Lipinski definition) is 3. The van der Waals surface area contributed by atoms with E-state index in [1.165, 1.54) is 6.07 Å². The number of fused-ring (bicyclic) bond motifs is 1. The van der Waals surface area contributed by atoms with Crippen LogP contribution < -0.4 is 9.64 Å². The number of nitrogens with zero attached hydrogens (tertiary/aromatic N) is 1. The summed E-state index contributed by atoms with van der Waals surface area (Å²) < 4.78 is 19.8. The zero-order valence-corrected chi connectivity index (χ0v) is 10.9. The van der Waals surface area contributed by atoms with Gasteiger partial charge in [0.2, 0.25) is 0 Å². The number of halogens is 1. The molecule has 0 amide bonds. The van der Waals surface area contributed by atoms with Crippen molar-refractivity contribution in [1.82, 2.24) is 0 Å². The normalized spacial score (nSPS) is 14.2. The van der Waals surface area contributed by atoms with Gasteiger partial charge in [0.25, 0.3) is 0 Å². The fraction of sp³-hybridized carbons (Fsp3) is 0.188. The summed E-state index contributed by atoms with van der Waals surface area (Å²) in [4.78, 5) is 13.0. The van der Waals surface area contributed by atoms with Crippen LogP contribution in [0.25, 0.3) is 0 Å². The van der Waals surface area contributed by atoms with Crippen molar-refractivity contribution in [2.24, 2.45) is 0 Å². The van der Waals surface area contributed by atoms with Crippen molar-refractivity contribution < 1.29 is 13.9 Å². The molecule has 3 nitrogen and oxygen atoms in total. The molecule has 0 aromatic heterocycles. The van der Waals surface area contributed by atoms with Crippen LogP contribution in [0.4, 0.5) is 10.1 Å². The number of ether oxygens (including phenoxy) is 1. The molecule has 1 aliphatic heterocycles. The highest BCUT2D eigenvalue weighted by Gasteiger charge is 2.20. The molecule has 0 aliphatic carbocycles. The summed E-state index contributed by atoms with van der Waals surface area (Å²) in [6, 6.07) is 12.2. The lowest BCUT2D eigenvalue weighted by Crippen LogP contribution is -2.27. The third-order valence-corrected chi connectivity index (χ3v) is 3.41. The Hall–Kier alpha value is -2.36. The average molecular weight is 271 g/mol. The van der Waals surface area contributed by atoms with Crippen LogP contribution in [0.15, 0.2) is 42.5 Å². The van der Waals surface area contributed by atoms with E-state index in [9.17, 15) is 9.18 Å². The summed E-state index contributed by atoms with van der Waals surface area (Å²) in [6.07, 6.45) is 0.691. The van der Waals surface area contributed by atoms with E-state index in [1.807, 2.05) is 29.2 Å². The first-order chi connectivity index (χ1) is 9.79. The molecule has 4 heteroatoms. The van der Waals surface area contributed by atoms with E-state index in [2.05, 4.69) is 0 Å². The molecule has 0 radical (unpaired) electrons. The van der Waals surface area contributed by atoms with Crippen molar-refractivity contribution in [2.75, 3.05) is 18.1 Å². The monoisotopic (exact) mass is 271 g/mol. The number of rotatable bonds is 2. The Labute approximate surface area is 116 Å². The highest BCUT2D eigenvalue weighted by molar-refractivity contribution is 5.84. The van der Waals surface area contributed by atoms with Crippen LogP contribution >= 0.6 is 0 Å². The molecule has 0 saturated carbocycles. The van der Waals surface area contributed by atoms with Gasteiger partial charge in [0.05, 0.1) is 12.2 Å². The van der Waals surface area contributed by atoms with Crippen LogP contribution in [0.1, 0.15) is 15.9 Å². The van der Waals surface area contributed by atoms with Gasteiger partial charge in [-0.05, 0) is 18.2 Å². The second-order valence-electron chi connectivity index (χ2n) is 4.67. The number of carbonyl (C=O) groups excluding carboxylic acids is 1. The molecule has 0 atom stereocenters. The maximum atomic E-state index is 14.1. The second-order valence-corrected chi connectivity index (χ2v) is 4.67. The van der Waals surface area contributed by atoms with E-state index in [0.717, 1.165) is 11.3 Å². The van der Waals surface area contributed by atoms with Crippen LogP contribution in [0.2, 0.25) is 0 Å². The largest absolute Gasteiger partial charge is 0.491 e. The van der Waals surface area contributed by atoms with Gasteiger partial charge in [-0.25, -0.2) is 4.39 Å². The molecule has 1 aliphatic rings. The number of para-hydroxylation sites is 2. The average Bonchev–Trinajstić information content (AvgIpc) is 2.68. The molecule has 1 heterocycles. The molecule has 0 spiro atoms. The summed E-state index contributed by atoms with van der Waals surface area (Å²) in [7, 11) is 0. The first kappa shape index (κ1) is 12.7. The molecule has 0 bridgehead atoms. The summed E-state index contributed by atoms with van der Waals surface area (Å²) in [5.41, 5.74) is 1.71. The van der Waals surface area contributed by atoms with Gasteiger partial charge in [-0.3, -0.25) is 4.79 Å². The highest BCUT2D eigenvalue weighted by Crippen LogP contribution is 2.29. The molecule has 0 saturated heterocycles. The minimum Gasteiger partial charge on any atom is -0.491 e. The fourth-order valence-corrected chi connectivity index (χ4v) is 2.48. The standard InChI is InChI=1S/C16H14FNO2/c17-14-6-3-5-13(11-19)16(14)18-8-9-20-15-7-2-1-4-12(15)10-18/h1-7,11H,8-10H2. The summed E-state index contributed by atoms with van der Waals surface area (Å²) in [6.45, 7) is 1.53. The Balaban J connectivity index is 2.02. The van der Waals surface area contributed by atoms with Crippen molar-refractivity contribution in [3.8, 4) is 5.75 Å². The maximum absolute atomic E-state index is 14.1. The van der Waals surface area contributed by atoms with E-state index < -0.39 is 0 Å². The van der Waals surface area contributed by atoms with Crippen molar-refractivity contribution in [3.63, 3.8) is 0 Å². The lowest BCUT2D eigenvalue weighted by Gasteiger charge is -2.24. The number of benzene rings is 2. The minimum absolute atomic E-state index is 0.350. The van der Waals surface area contributed by atoms with Crippen molar-refractivity contribution >= 4 is 12.0 Å². The third kappa shape index (κ3) is 2.25. The summed E-state index contributed by atoms with van der Waals surface area (Å²) >= 11 is 0. The lowest BCUT2D eigenvalue weighted by molar-refractivity contribution is 0.112. The quantitative estimate of drug-likeness (QED) is 0.786. The van der Waals surface area contributed by atoms with Crippen LogP contribution in [-0.4, -0.2) is 19.4 Å². The van der Waals surface area contributed by atoms with E-state index in [4.69, 9.17) is 4.74 Å². The van der Waals surface area contributed by atoms with Gasteiger partial charge in [0.15, 0.2) is 6.29 Å². The van der Waals surface area contributed by atoms with Gasteiger partial charge >= 0.3 is 0 Å². The maximum Gasteiger partial charge on any atom is 0.152 e. The van der Waals surface area contributed by atoms with E-state index in [0.29, 0.717) is 37.2 Å². The zero-order chi connectivity index (χ0) is 13.9. The topological polar surface area (TPSA) is 29.5 Å². The molecule has 0 N–H and O–H groups in total. The Kier molecular flexibility index (Phi) is 3.37. The van der Waals surface area contributed by atoms with Crippen LogP contribution in [0.5, 0.6) is 5.75 Å².